The van der Waals surface area contributed by atoms with Crippen LogP contribution in [-0.2, 0) is 0 Å². The van der Waals surface area contributed by atoms with Crippen LogP contribution in [0.5, 0.6) is 0 Å². The summed E-state index contributed by atoms with van der Waals surface area (Å²) in [7, 11) is 0. The minimum absolute atomic E-state index is 0.306. The van der Waals surface area contributed by atoms with Gasteiger partial charge in [0.25, 0.3) is 0 Å². The number of nitrogens with two attached hydrogens (primary N) is 1. The fourth-order valence-corrected chi connectivity index (χ4v) is 0. The standard InChI is InChI=1S/C4H10O.C2H7NO/c1-4(2)3-5;1-2(3)4/h4-5H,3H2,1-2H3;2,4H,3H2,1H3. The van der Waals surface area contributed by atoms with E-state index in [4.69, 9.17) is 10.2 Å². The second kappa shape index (κ2) is 7.88. The van der Waals surface area contributed by atoms with Crippen molar-refractivity contribution in [2.24, 2.45) is 11.7 Å². The van der Waals surface area contributed by atoms with E-state index in [2.05, 4.69) is 5.73 Å². The van der Waals surface area contributed by atoms with Crippen molar-refractivity contribution in [1.82, 2.24) is 0 Å². The van der Waals surface area contributed by atoms with Gasteiger partial charge in [-0.3, -0.25) is 0 Å². The molecular weight excluding hydrogens is 118 g/mol. The van der Waals surface area contributed by atoms with Crippen LogP contribution in [0.25, 0.3) is 0 Å². The van der Waals surface area contributed by atoms with Gasteiger partial charge in [-0.05, 0) is 12.8 Å². The zero-order chi connectivity index (χ0) is 7.86. The van der Waals surface area contributed by atoms with Gasteiger partial charge in [-0.15, -0.1) is 0 Å². The lowest BCUT2D eigenvalue weighted by molar-refractivity contribution is 0.203. The molecule has 3 heteroatoms. The van der Waals surface area contributed by atoms with Gasteiger partial charge in [-0.2, -0.15) is 0 Å². The van der Waals surface area contributed by atoms with Gasteiger partial charge < -0.3 is 15.9 Å². The molecule has 0 aliphatic rings. The highest BCUT2D eigenvalue weighted by Crippen LogP contribution is 1.83. The predicted molar refractivity (Wildman–Crippen MR) is 37.8 cm³/mol. The van der Waals surface area contributed by atoms with Crippen molar-refractivity contribution in [3.05, 3.63) is 0 Å². The molecule has 0 aromatic heterocycles. The summed E-state index contributed by atoms with van der Waals surface area (Å²) in [6.45, 7) is 5.75. The maximum Gasteiger partial charge on any atom is 0.0991 e. The van der Waals surface area contributed by atoms with Gasteiger partial charge in [0.15, 0.2) is 0 Å². The van der Waals surface area contributed by atoms with E-state index in [0.29, 0.717) is 12.5 Å². The molecule has 1 atom stereocenters. The molecule has 1 unspecified atom stereocenters. The van der Waals surface area contributed by atoms with Gasteiger partial charge in [0.05, 0.1) is 6.23 Å². The first-order chi connectivity index (χ1) is 4.00. The van der Waals surface area contributed by atoms with Gasteiger partial charge in [-0.1, -0.05) is 13.8 Å². The van der Waals surface area contributed by atoms with Crippen molar-refractivity contribution in [1.29, 1.82) is 0 Å². The Bertz CT molecular complexity index is 43.6. The van der Waals surface area contributed by atoms with E-state index in [1.807, 2.05) is 13.8 Å². The molecular formula is C6H17NO2. The summed E-state index contributed by atoms with van der Waals surface area (Å²) in [4.78, 5) is 0. The molecule has 58 valence electrons. The normalized spacial score (nSPS) is 12.3. The monoisotopic (exact) mass is 135 g/mol. The molecule has 0 aromatic rings. The van der Waals surface area contributed by atoms with Crippen LogP contribution < -0.4 is 5.73 Å². The number of hydrogen-bond donors (Lipinski definition) is 3. The Kier molecular flexibility index (Phi) is 10.2. The molecule has 4 N–H and O–H groups in total. The average Bonchev–Trinajstić information content (AvgIpc) is 1.65. The topological polar surface area (TPSA) is 66.5 Å². The summed E-state index contributed by atoms with van der Waals surface area (Å²) in [5, 5.41) is 16.0. The fraction of sp³-hybridized carbons (Fsp3) is 1.00. The van der Waals surface area contributed by atoms with Crippen molar-refractivity contribution >= 4 is 0 Å². The largest absolute Gasteiger partial charge is 0.396 e. The van der Waals surface area contributed by atoms with E-state index < -0.39 is 6.23 Å². The van der Waals surface area contributed by atoms with Gasteiger partial charge in [0.1, 0.15) is 0 Å². The van der Waals surface area contributed by atoms with Crippen LogP contribution in [0.2, 0.25) is 0 Å². The Morgan fingerprint density at radius 2 is 1.44 bits per heavy atom. The Hall–Kier alpha value is -0.120. The lowest BCUT2D eigenvalue weighted by Gasteiger charge is -1.90. The van der Waals surface area contributed by atoms with E-state index in [1.54, 1.807) is 0 Å². The van der Waals surface area contributed by atoms with Crippen LogP contribution in [0.1, 0.15) is 20.8 Å². The molecule has 0 rings (SSSR count). The van der Waals surface area contributed by atoms with Crippen LogP contribution in [-0.4, -0.2) is 23.0 Å². The van der Waals surface area contributed by atoms with Crippen molar-refractivity contribution in [3.63, 3.8) is 0 Å². The molecule has 9 heavy (non-hydrogen) atoms. The molecule has 0 aliphatic carbocycles. The summed E-state index contributed by atoms with van der Waals surface area (Å²) < 4.78 is 0. The molecule has 0 amide bonds. The first-order valence-corrected chi connectivity index (χ1v) is 3.05. The second-order valence-electron chi connectivity index (χ2n) is 2.32. The third kappa shape index (κ3) is 77.1. The Labute approximate surface area is 56.5 Å². The van der Waals surface area contributed by atoms with Crippen LogP contribution in [0.3, 0.4) is 0 Å². The first kappa shape index (κ1) is 11.6. The second-order valence-corrected chi connectivity index (χ2v) is 2.32. The lowest BCUT2D eigenvalue weighted by atomic mass is 10.2. The third-order valence-corrected chi connectivity index (χ3v) is 0.365. The van der Waals surface area contributed by atoms with E-state index in [-0.39, 0.29) is 0 Å². The predicted octanol–water partition coefficient (Wildman–Crippen LogP) is -0.0819. The summed E-state index contributed by atoms with van der Waals surface area (Å²) >= 11 is 0. The molecule has 0 aliphatic heterocycles. The van der Waals surface area contributed by atoms with Gasteiger partial charge >= 0.3 is 0 Å². The number of aliphatic hydroxyl groups is 2. The molecule has 3 nitrogen and oxygen atoms in total. The van der Waals surface area contributed by atoms with Crippen molar-refractivity contribution in [3.8, 4) is 0 Å². The molecule has 0 fully saturated rings. The summed E-state index contributed by atoms with van der Waals surface area (Å²) in [6.07, 6.45) is -0.667. The SMILES string of the molecule is CC(C)CO.CC(N)O. The summed E-state index contributed by atoms with van der Waals surface area (Å²) in [5.41, 5.74) is 4.67. The van der Waals surface area contributed by atoms with Gasteiger partial charge in [0.2, 0.25) is 0 Å². The van der Waals surface area contributed by atoms with E-state index in [9.17, 15) is 0 Å². The molecule has 0 spiro atoms. The van der Waals surface area contributed by atoms with Crippen LogP contribution in [0.4, 0.5) is 0 Å². The maximum absolute atomic E-state index is 8.14. The van der Waals surface area contributed by atoms with Crippen LogP contribution >= 0.6 is 0 Å². The minimum Gasteiger partial charge on any atom is -0.396 e. The molecule has 0 saturated heterocycles. The molecule has 0 aromatic carbocycles. The third-order valence-electron chi connectivity index (χ3n) is 0.365. The van der Waals surface area contributed by atoms with E-state index in [1.165, 1.54) is 6.92 Å². The van der Waals surface area contributed by atoms with E-state index >= 15 is 0 Å². The highest BCUT2D eigenvalue weighted by molar-refractivity contribution is 4.32. The Morgan fingerprint density at radius 1 is 1.33 bits per heavy atom. The van der Waals surface area contributed by atoms with Crippen LogP contribution in [0, 0.1) is 5.92 Å². The van der Waals surface area contributed by atoms with Crippen molar-refractivity contribution in [2.75, 3.05) is 6.61 Å². The maximum atomic E-state index is 8.14. The highest BCUT2D eigenvalue weighted by atomic mass is 16.3. The molecule has 0 heterocycles. The zero-order valence-corrected chi connectivity index (χ0v) is 6.33. The highest BCUT2D eigenvalue weighted by Gasteiger charge is 1.81. The van der Waals surface area contributed by atoms with Crippen molar-refractivity contribution in [2.45, 2.75) is 27.0 Å². The first-order valence-electron chi connectivity index (χ1n) is 3.05. The Balaban J connectivity index is 0. The van der Waals surface area contributed by atoms with Gasteiger partial charge in [-0.25, -0.2) is 0 Å². The summed E-state index contributed by atoms with van der Waals surface area (Å²) in [6, 6.07) is 0. The summed E-state index contributed by atoms with van der Waals surface area (Å²) in [5.74, 6) is 0.440. The molecule has 0 bridgehead atoms. The van der Waals surface area contributed by atoms with Gasteiger partial charge in [0, 0.05) is 6.61 Å². The van der Waals surface area contributed by atoms with Crippen LogP contribution in [0.15, 0.2) is 0 Å². The fourth-order valence-electron chi connectivity index (χ4n) is 0. The van der Waals surface area contributed by atoms with Crippen molar-refractivity contribution < 1.29 is 10.2 Å². The Morgan fingerprint density at radius 3 is 1.44 bits per heavy atom. The lowest BCUT2D eigenvalue weighted by Crippen LogP contribution is -2.11. The smallest absolute Gasteiger partial charge is 0.0991 e. The number of hydrogen-bond acceptors (Lipinski definition) is 3. The molecule has 0 saturated carbocycles. The number of rotatable bonds is 1. The van der Waals surface area contributed by atoms with E-state index in [0.717, 1.165) is 0 Å². The average molecular weight is 135 g/mol. The minimum atomic E-state index is -0.667. The number of aliphatic hydroxyl groups excluding tert-OH is 2. The molecule has 0 radical (unpaired) electrons. The zero-order valence-electron chi connectivity index (χ0n) is 6.33. The quantitative estimate of drug-likeness (QED) is 0.440.